The molecule has 1 aliphatic heterocycles. The lowest BCUT2D eigenvalue weighted by Crippen LogP contribution is -2.45. The zero-order valence-electron chi connectivity index (χ0n) is 21.9. The van der Waals surface area contributed by atoms with E-state index in [-0.39, 0.29) is 12.0 Å². The topological polar surface area (TPSA) is 66.9 Å². The van der Waals surface area contributed by atoms with Crippen LogP contribution in [0.15, 0.2) is 73.1 Å². The van der Waals surface area contributed by atoms with Gasteiger partial charge in [-0.15, -0.1) is 0 Å². The van der Waals surface area contributed by atoms with Crippen molar-refractivity contribution >= 4 is 5.91 Å². The van der Waals surface area contributed by atoms with Crippen molar-refractivity contribution in [2.75, 3.05) is 39.8 Å². The number of rotatable bonds is 12. The van der Waals surface area contributed by atoms with Gasteiger partial charge in [0.15, 0.2) is 0 Å². The van der Waals surface area contributed by atoms with E-state index in [1.807, 2.05) is 61.8 Å². The number of pyridine rings is 1. The normalized spacial score (nSPS) is 15.2. The van der Waals surface area contributed by atoms with Gasteiger partial charge in [-0.3, -0.25) is 19.6 Å². The summed E-state index contributed by atoms with van der Waals surface area (Å²) in [5, 5.41) is 2.98. The molecule has 1 N–H and O–H groups in total. The number of piperazine rings is 1. The van der Waals surface area contributed by atoms with Crippen molar-refractivity contribution < 1.29 is 14.3 Å². The van der Waals surface area contributed by atoms with Crippen LogP contribution in [0.4, 0.5) is 0 Å². The number of aromatic nitrogens is 1. The highest BCUT2D eigenvalue weighted by atomic mass is 16.5. The van der Waals surface area contributed by atoms with E-state index in [1.54, 1.807) is 7.11 Å². The Kier molecular flexibility index (Phi) is 9.91. The van der Waals surface area contributed by atoms with Crippen molar-refractivity contribution in [2.45, 2.75) is 39.0 Å². The highest BCUT2D eigenvalue weighted by Gasteiger charge is 2.17. The number of hydrogen-bond acceptors (Lipinski definition) is 6. The number of nitrogens with zero attached hydrogens (tertiary/aromatic N) is 3. The van der Waals surface area contributed by atoms with Gasteiger partial charge in [0.25, 0.3) is 0 Å². The predicted octanol–water partition coefficient (Wildman–Crippen LogP) is 3.92. The number of carbonyl (C=O) groups is 1. The average molecular weight is 503 g/mol. The first-order valence-electron chi connectivity index (χ1n) is 13.1. The second-order valence-electron chi connectivity index (χ2n) is 9.60. The maximum atomic E-state index is 12.3. The Morgan fingerprint density at radius 3 is 2.32 bits per heavy atom. The van der Waals surface area contributed by atoms with Crippen LogP contribution in [0.2, 0.25) is 0 Å². The Labute approximate surface area is 220 Å². The number of methoxy groups -OCH3 is 1. The van der Waals surface area contributed by atoms with Crippen LogP contribution >= 0.6 is 0 Å². The summed E-state index contributed by atoms with van der Waals surface area (Å²) in [6.45, 7) is 8.61. The molecule has 1 saturated heterocycles. The SMILES string of the molecule is COc1ccccc1CCC(=O)NC[C@H](C)Oc1ccc(CN2CCN(Cc3cccnc3)CC2)cc1. The molecule has 7 nitrogen and oxygen atoms in total. The van der Waals surface area contributed by atoms with Crippen molar-refractivity contribution in [1.82, 2.24) is 20.1 Å². The van der Waals surface area contributed by atoms with Crippen LogP contribution in [0.3, 0.4) is 0 Å². The molecule has 37 heavy (non-hydrogen) atoms. The summed E-state index contributed by atoms with van der Waals surface area (Å²) in [6.07, 6.45) is 4.72. The molecule has 0 aliphatic carbocycles. The highest BCUT2D eigenvalue weighted by Crippen LogP contribution is 2.19. The molecule has 1 aromatic heterocycles. The van der Waals surface area contributed by atoms with Crippen LogP contribution in [0, 0.1) is 0 Å². The molecular formula is C30H38N4O3. The van der Waals surface area contributed by atoms with E-state index < -0.39 is 0 Å². The first-order chi connectivity index (χ1) is 18.1. The molecule has 196 valence electrons. The van der Waals surface area contributed by atoms with E-state index in [9.17, 15) is 4.79 Å². The van der Waals surface area contributed by atoms with Crippen molar-refractivity contribution in [2.24, 2.45) is 0 Å². The van der Waals surface area contributed by atoms with Gasteiger partial charge in [0.05, 0.1) is 13.7 Å². The largest absolute Gasteiger partial charge is 0.496 e. The van der Waals surface area contributed by atoms with Gasteiger partial charge in [-0.05, 0) is 54.3 Å². The first-order valence-corrected chi connectivity index (χ1v) is 13.1. The third-order valence-corrected chi connectivity index (χ3v) is 6.66. The molecule has 0 saturated carbocycles. The minimum Gasteiger partial charge on any atom is -0.496 e. The van der Waals surface area contributed by atoms with Gasteiger partial charge in [0, 0.05) is 58.1 Å². The monoisotopic (exact) mass is 502 g/mol. The van der Waals surface area contributed by atoms with E-state index in [2.05, 4.69) is 38.3 Å². The molecule has 3 aromatic rings. The van der Waals surface area contributed by atoms with Gasteiger partial charge in [-0.2, -0.15) is 0 Å². The molecule has 7 heteroatoms. The fourth-order valence-electron chi connectivity index (χ4n) is 4.56. The van der Waals surface area contributed by atoms with Crippen LogP contribution in [-0.2, 0) is 24.3 Å². The van der Waals surface area contributed by atoms with Crippen LogP contribution in [0.25, 0.3) is 0 Å². The Bertz CT molecular complexity index is 1100. The quantitative estimate of drug-likeness (QED) is 0.405. The molecule has 1 aliphatic rings. The van der Waals surface area contributed by atoms with Crippen LogP contribution in [0.1, 0.15) is 30.0 Å². The van der Waals surface area contributed by atoms with Crippen LogP contribution in [-0.4, -0.2) is 66.6 Å². The number of hydrogen-bond donors (Lipinski definition) is 1. The molecule has 0 bridgehead atoms. The standard InChI is InChI=1S/C30H38N4O3/c1-24(20-32-30(35)14-11-27-7-3-4-8-29(27)36-2)37-28-12-9-25(10-13-28)22-33-16-18-34(19-17-33)23-26-6-5-15-31-21-26/h3-10,12-13,15,21,24H,11,14,16-20,22-23H2,1-2H3,(H,32,35)/t24-/m0/s1. The first kappa shape index (κ1) is 26.6. The molecule has 1 fully saturated rings. The van der Waals surface area contributed by atoms with Gasteiger partial charge >= 0.3 is 0 Å². The molecule has 4 rings (SSSR count). The second kappa shape index (κ2) is 13.8. The Morgan fingerprint density at radius 1 is 0.946 bits per heavy atom. The van der Waals surface area contributed by atoms with Gasteiger partial charge in [-0.25, -0.2) is 0 Å². The molecular weight excluding hydrogens is 464 g/mol. The molecule has 0 radical (unpaired) electrons. The number of ether oxygens (including phenoxy) is 2. The van der Waals surface area contributed by atoms with Gasteiger partial charge in [0.1, 0.15) is 17.6 Å². The van der Waals surface area contributed by atoms with Gasteiger partial charge < -0.3 is 14.8 Å². The molecule has 1 atom stereocenters. The maximum Gasteiger partial charge on any atom is 0.220 e. The molecule has 0 unspecified atom stereocenters. The lowest BCUT2D eigenvalue weighted by atomic mass is 10.1. The number of aryl methyl sites for hydroxylation is 1. The predicted molar refractivity (Wildman–Crippen MR) is 146 cm³/mol. The Balaban J connectivity index is 1.13. The number of benzene rings is 2. The lowest BCUT2D eigenvalue weighted by molar-refractivity contribution is -0.121. The Hall–Kier alpha value is -3.42. The third-order valence-electron chi connectivity index (χ3n) is 6.66. The zero-order valence-corrected chi connectivity index (χ0v) is 21.9. The number of para-hydroxylation sites is 1. The fourth-order valence-corrected chi connectivity index (χ4v) is 4.56. The van der Waals surface area contributed by atoms with Gasteiger partial charge in [0.2, 0.25) is 5.91 Å². The summed E-state index contributed by atoms with van der Waals surface area (Å²) in [4.78, 5) is 21.5. The van der Waals surface area contributed by atoms with Crippen molar-refractivity contribution in [3.63, 3.8) is 0 Å². The van der Waals surface area contributed by atoms with Crippen LogP contribution < -0.4 is 14.8 Å². The van der Waals surface area contributed by atoms with Crippen molar-refractivity contribution in [3.05, 3.63) is 89.7 Å². The van der Waals surface area contributed by atoms with E-state index >= 15 is 0 Å². The smallest absolute Gasteiger partial charge is 0.220 e. The average Bonchev–Trinajstić information content (AvgIpc) is 2.93. The second-order valence-corrected chi connectivity index (χ2v) is 9.60. The highest BCUT2D eigenvalue weighted by molar-refractivity contribution is 5.76. The van der Waals surface area contributed by atoms with Crippen molar-refractivity contribution in [1.29, 1.82) is 0 Å². The minimum absolute atomic E-state index is 0.0113. The third kappa shape index (κ3) is 8.58. The Morgan fingerprint density at radius 2 is 1.65 bits per heavy atom. The summed E-state index contributed by atoms with van der Waals surface area (Å²) >= 11 is 0. The van der Waals surface area contributed by atoms with E-state index in [0.717, 1.165) is 56.3 Å². The van der Waals surface area contributed by atoms with Crippen LogP contribution in [0.5, 0.6) is 11.5 Å². The van der Waals surface area contributed by atoms with E-state index in [1.165, 1.54) is 11.1 Å². The summed E-state index contributed by atoms with van der Waals surface area (Å²) in [5.41, 5.74) is 3.59. The molecule has 1 amide bonds. The molecule has 2 aromatic carbocycles. The van der Waals surface area contributed by atoms with Gasteiger partial charge in [-0.1, -0.05) is 36.4 Å². The fraction of sp³-hybridized carbons (Fsp3) is 0.400. The summed E-state index contributed by atoms with van der Waals surface area (Å²) in [7, 11) is 1.65. The zero-order chi connectivity index (χ0) is 25.9. The summed E-state index contributed by atoms with van der Waals surface area (Å²) in [6, 6.07) is 20.3. The number of nitrogens with one attached hydrogen (secondary N) is 1. The van der Waals surface area contributed by atoms with Crippen molar-refractivity contribution in [3.8, 4) is 11.5 Å². The minimum atomic E-state index is -0.117. The lowest BCUT2D eigenvalue weighted by Gasteiger charge is -2.34. The maximum absolute atomic E-state index is 12.3. The molecule has 0 spiro atoms. The van der Waals surface area contributed by atoms with E-state index in [0.29, 0.717) is 19.4 Å². The number of amides is 1. The summed E-state index contributed by atoms with van der Waals surface area (Å²) < 4.78 is 11.4. The summed E-state index contributed by atoms with van der Waals surface area (Å²) in [5.74, 6) is 1.65. The van der Waals surface area contributed by atoms with E-state index in [4.69, 9.17) is 9.47 Å². The molecule has 2 heterocycles. The number of carbonyl (C=O) groups excluding carboxylic acids is 1.